The fourth-order valence-electron chi connectivity index (χ4n) is 2.30. The molecule has 1 aliphatic heterocycles. The van der Waals surface area contributed by atoms with Crippen LogP contribution in [0, 0.1) is 5.92 Å². The zero-order valence-electron chi connectivity index (χ0n) is 10.2. The van der Waals surface area contributed by atoms with Crippen LogP contribution in [-0.4, -0.2) is 32.1 Å². The lowest BCUT2D eigenvalue weighted by Crippen LogP contribution is -2.29. The lowest BCUT2D eigenvalue weighted by atomic mass is 9.90. The molecular formula is C14H19NO. The monoisotopic (exact) mass is 217 g/mol. The quantitative estimate of drug-likeness (QED) is 0.755. The summed E-state index contributed by atoms with van der Waals surface area (Å²) in [6.07, 6.45) is 2.32. The van der Waals surface area contributed by atoms with Crippen LogP contribution in [0.4, 0.5) is 0 Å². The Morgan fingerprint density at radius 1 is 1.38 bits per heavy atom. The Morgan fingerprint density at radius 3 is 2.88 bits per heavy atom. The molecule has 1 atom stereocenters. The average Bonchev–Trinajstić information content (AvgIpc) is 2.29. The second-order valence-corrected chi connectivity index (χ2v) is 4.51. The summed E-state index contributed by atoms with van der Waals surface area (Å²) in [5, 5.41) is 0. The smallest absolute Gasteiger partial charge is 0.119 e. The molecule has 0 aliphatic carbocycles. The summed E-state index contributed by atoms with van der Waals surface area (Å²) in [4.78, 5) is 2.34. The van der Waals surface area contributed by atoms with Crippen LogP contribution in [0.2, 0.25) is 0 Å². The number of likely N-dealkylation sites (N-methyl/N-ethyl adjacent to an activating group) is 1. The summed E-state index contributed by atoms with van der Waals surface area (Å²) in [5.41, 5.74) is 2.73. The molecule has 0 N–H and O–H groups in total. The molecule has 2 heteroatoms. The fraction of sp³-hybridized carbons (Fsp3) is 0.429. The summed E-state index contributed by atoms with van der Waals surface area (Å²) in [6, 6.07) is 8.33. The summed E-state index contributed by atoms with van der Waals surface area (Å²) in [7, 11) is 3.88. The molecule has 2 rings (SSSR count). The van der Waals surface area contributed by atoms with Gasteiger partial charge < -0.3 is 9.64 Å². The second-order valence-electron chi connectivity index (χ2n) is 4.51. The standard InChI is InChI=1S/C14H19NO/c1-11-10-15(2)8-7-14(11)12-5-4-6-13(9-12)16-3/h4-7,9,11H,8,10H2,1-3H3/t11-/m0/s1. The van der Waals surface area contributed by atoms with Gasteiger partial charge in [0.1, 0.15) is 5.75 Å². The van der Waals surface area contributed by atoms with Gasteiger partial charge in [-0.2, -0.15) is 0 Å². The predicted molar refractivity (Wildman–Crippen MR) is 67.6 cm³/mol. The first-order valence-electron chi connectivity index (χ1n) is 5.73. The third-order valence-electron chi connectivity index (χ3n) is 3.14. The van der Waals surface area contributed by atoms with Gasteiger partial charge in [-0.05, 0) is 36.2 Å². The SMILES string of the molecule is COc1cccc(C2=CCN(C)C[C@@H]2C)c1. The maximum absolute atomic E-state index is 5.26. The molecule has 0 saturated heterocycles. The summed E-state index contributed by atoms with van der Waals surface area (Å²) >= 11 is 0. The molecule has 0 aromatic heterocycles. The minimum atomic E-state index is 0.589. The Morgan fingerprint density at radius 2 is 2.19 bits per heavy atom. The Kier molecular flexibility index (Phi) is 3.30. The molecule has 0 amide bonds. The van der Waals surface area contributed by atoms with Crippen LogP contribution in [0.25, 0.3) is 5.57 Å². The maximum atomic E-state index is 5.26. The van der Waals surface area contributed by atoms with Crippen molar-refractivity contribution < 1.29 is 4.74 Å². The van der Waals surface area contributed by atoms with Crippen LogP contribution in [-0.2, 0) is 0 Å². The van der Waals surface area contributed by atoms with Crippen LogP contribution in [0.1, 0.15) is 12.5 Å². The Bertz CT molecular complexity index is 397. The highest BCUT2D eigenvalue weighted by molar-refractivity contribution is 5.69. The number of hydrogen-bond acceptors (Lipinski definition) is 2. The molecular weight excluding hydrogens is 198 g/mol. The van der Waals surface area contributed by atoms with Crippen LogP contribution < -0.4 is 4.74 Å². The molecule has 0 fully saturated rings. The molecule has 1 aliphatic rings. The van der Waals surface area contributed by atoms with Crippen molar-refractivity contribution >= 4 is 5.57 Å². The third kappa shape index (κ3) is 2.27. The van der Waals surface area contributed by atoms with E-state index in [0.29, 0.717) is 5.92 Å². The van der Waals surface area contributed by atoms with E-state index in [1.807, 2.05) is 6.07 Å². The highest BCUT2D eigenvalue weighted by Gasteiger charge is 2.17. The van der Waals surface area contributed by atoms with Crippen molar-refractivity contribution in [2.75, 3.05) is 27.2 Å². The molecule has 16 heavy (non-hydrogen) atoms. The highest BCUT2D eigenvalue weighted by atomic mass is 16.5. The molecule has 0 spiro atoms. The van der Waals surface area contributed by atoms with Crippen LogP contribution in [0.15, 0.2) is 30.3 Å². The van der Waals surface area contributed by atoms with Gasteiger partial charge in [0.25, 0.3) is 0 Å². The minimum Gasteiger partial charge on any atom is -0.497 e. The first-order chi connectivity index (χ1) is 7.70. The average molecular weight is 217 g/mol. The van der Waals surface area contributed by atoms with E-state index in [0.717, 1.165) is 18.8 Å². The van der Waals surface area contributed by atoms with Gasteiger partial charge in [0.05, 0.1) is 7.11 Å². The number of ether oxygens (including phenoxy) is 1. The fourth-order valence-corrected chi connectivity index (χ4v) is 2.30. The predicted octanol–water partition coefficient (Wildman–Crippen LogP) is 2.66. The van der Waals surface area contributed by atoms with Crippen LogP contribution in [0.3, 0.4) is 0 Å². The largest absolute Gasteiger partial charge is 0.497 e. The topological polar surface area (TPSA) is 12.5 Å². The van der Waals surface area contributed by atoms with E-state index in [-0.39, 0.29) is 0 Å². The minimum absolute atomic E-state index is 0.589. The van der Waals surface area contributed by atoms with Crippen molar-refractivity contribution in [1.82, 2.24) is 4.90 Å². The van der Waals surface area contributed by atoms with Gasteiger partial charge in [-0.1, -0.05) is 25.1 Å². The van der Waals surface area contributed by atoms with E-state index in [9.17, 15) is 0 Å². The van der Waals surface area contributed by atoms with Crippen molar-refractivity contribution in [3.05, 3.63) is 35.9 Å². The molecule has 1 aromatic carbocycles. The van der Waals surface area contributed by atoms with Gasteiger partial charge in [-0.3, -0.25) is 0 Å². The van der Waals surface area contributed by atoms with E-state index < -0.39 is 0 Å². The summed E-state index contributed by atoms with van der Waals surface area (Å²) < 4.78 is 5.26. The van der Waals surface area contributed by atoms with Crippen molar-refractivity contribution in [1.29, 1.82) is 0 Å². The third-order valence-corrected chi connectivity index (χ3v) is 3.14. The van der Waals surface area contributed by atoms with E-state index >= 15 is 0 Å². The normalized spacial score (nSPS) is 21.7. The van der Waals surface area contributed by atoms with Crippen LogP contribution >= 0.6 is 0 Å². The van der Waals surface area contributed by atoms with Crippen molar-refractivity contribution in [3.8, 4) is 5.75 Å². The lowest BCUT2D eigenvalue weighted by molar-refractivity contribution is 0.329. The molecule has 0 bridgehead atoms. The Hall–Kier alpha value is -1.28. The van der Waals surface area contributed by atoms with E-state index in [1.54, 1.807) is 7.11 Å². The number of benzene rings is 1. The van der Waals surface area contributed by atoms with E-state index in [2.05, 4.69) is 43.1 Å². The van der Waals surface area contributed by atoms with Gasteiger partial charge in [0.15, 0.2) is 0 Å². The number of hydrogen-bond donors (Lipinski definition) is 0. The number of rotatable bonds is 2. The van der Waals surface area contributed by atoms with Gasteiger partial charge in [-0.25, -0.2) is 0 Å². The second kappa shape index (κ2) is 4.71. The summed E-state index contributed by atoms with van der Waals surface area (Å²) in [6.45, 7) is 4.45. The summed E-state index contributed by atoms with van der Waals surface area (Å²) in [5.74, 6) is 1.52. The molecule has 0 unspecified atom stereocenters. The van der Waals surface area contributed by atoms with Crippen molar-refractivity contribution in [3.63, 3.8) is 0 Å². The Labute approximate surface area is 97.5 Å². The van der Waals surface area contributed by atoms with E-state index in [1.165, 1.54) is 11.1 Å². The molecule has 86 valence electrons. The highest BCUT2D eigenvalue weighted by Crippen LogP contribution is 2.29. The van der Waals surface area contributed by atoms with Gasteiger partial charge in [0.2, 0.25) is 0 Å². The van der Waals surface area contributed by atoms with Gasteiger partial charge >= 0.3 is 0 Å². The first kappa shape index (κ1) is 11.2. The Balaban J connectivity index is 2.29. The van der Waals surface area contributed by atoms with Crippen LogP contribution in [0.5, 0.6) is 5.75 Å². The number of methoxy groups -OCH3 is 1. The first-order valence-corrected chi connectivity index (χ1v) is 5.73. The van der Waals surface area contributed by atoms with Gasteiger partial charge in [0, 0.05) is 13.1 Å². The molecule has 1 heterocycles. The molecule has 0 radical (unpaired) electrons. The van der Waals surface area contributed by atoms with Gasteiger partial charge in [-0.15, -0.1) is 0 Å². The maximum Gasteiger partial charge on any atom is 0.119 e. The van der Waals surface area contributed by atoms with Crippen molar-refractivity contribution in [2.24, 2.45) is 5.92 Å². The molecule has 1 aromatic rings. The molecule has 2 nitrogen and oxygen atoms in total. The number of nitrogens with zero attached hydrogens (tertiary/aromatic N) is 1. The van der Waals surface area contributed by atoms with Crippen molar-refractivity contribution in [2.45, 2.75) is 6.92 Å². The zero-order chi connectivity index (χ0) is 11.5. The molecule has 0 saturated carbocycles. The zero-order valence-corrected chi connectivity index (χ0v) is 10.2. The van der Waals surface area contributed by atoms with E-state index in [4.69, 9.17) is 4.74 Å². The lowest BCUT2D eigenvalue weighted by Gasteiger charge is -2.28.